The Kier molecular flexibility index (Phi) is 5.35. The van der Waals surface area contributed by atoms with Crippen LogP contribution in [0, 0.1) is 0 Å². The van der Waals surface area contributed by atoms with E-state index >= 15 is 0 Å². The minimum absolute atomic E-state index is 0.0337. The first-order valence-corrected chi connectivity index (χ1v) is 7.28. The number of primary amides is 1. The molecule has 4 amide bonds. The third-order valence-corrected chi connectivity index (χ3v) is 3.57. The number of rotatable bonds is 5. The molecular formula is C15H20N4O3. The van der Waals surface area contributed by atoms with Gasteiger partial charge in [-0.05, 0) is 37.1 Å². The van der Waals surface area contributed by atoms with Gasteiger partial charge >= 0.3 is 6.03 Å². The van der Waals surface area contributed by atoms with Crippen molar-refractivity contribution in [3.8, 4) is 0 Å². The van der Waals surface area contributed by atoms with Crippen molar-refractivity contribution in [1.29, 1.82) is 0 Å². The monoisotopic (exact) mass is 304 g/mol. The first kappa shape index (κ1) is 15.8. The van der Waals surface area contributed by atoms with Gasteiger partial charge in [-0.15, -0.1) is 0 Å². The number of hydrogen-bond donors (Lipinski definition) is 4. The summed E-state index contributed by atoms with van der Waals surface area (Å²) in [6.07, 6.45) is 4.15. The summed E-state index contributed by atoms with van der Waals surface area (Å²) in [5, 5.41) is 7.92. The lowest BCUT2D eigenvalue weighted by Crippen LogP contribution is -2.45. The molecule has 1 aromatic carbocycles. The second kappa shape index (κ2) is 7.44. The van der Waals surface area contributed by atoms with E-state index < -0.39 is 17.8 Å². The molecule has 5 N–H and O–H groups in total. The minimum atomic E-state index is -0.507. The maximum Gasteiger partial charge on any atom is 0.321 e. The van der Waals surface area contributed by atoms with Crippen LogP contribution in [0.5, 0.6) is 0 Å². The summed E-state index contributed by atoms with van der Waals surface area (Å²) in [6.45, 7) is -0.0337. The summed E-state index contributed by atoms with van der Waals surface area (Å²) in [6, 6.07) is 6.13. The van der Waals surface area contributed by atoms with Gasteiger partial charge in [0.15, 0.2) is 0 Å². The van der Waals surface area contributed by atoms with Crippen molar-refractivity contribution >= 4 is 23.5 Å². The number of urea groups is 1. The normalized spacial score (nSPS) is 14.4. The lowest BCUT2D eigenvalue weighted by Gasteiger charge is -2.12. The number of carbonyl (C=O) groups excluding carboxylic acids is 3. The highest BCUT2D eigenvalue weighted by Crippen LogP contribution is 2.17. The predicted octanol–water partition coefficient (Wildman–Crippen LogP) is 0.966. The zero-order chi connectivity index (χ0) is 15.9. The summed E-state index contributed by atoms with van der Waals surface area (Å²) >= 11 is 0. The van der Waals surface area contributed by atoms with E-state index in [0.717, 1.165) is 25.7 Å². The Labute approximate surface area is 128 Å². The van der Waals surface area contributed by atoms with Crippen LogP contribution in [0.2, 0.25) is 0 Å². The van der Waals surface area contributed by atoms with Crippen molar-refractivity contribution in [3.63, 3.8) is 0 Å². The molecule has 0 spiro atoms. The third kappa shape index (κ3) is 4.76. The molecule has 7 nitrogen and oxygen atoms in total. The van der Waals surface area contributed by atoms with Gasteiger partial charge in [0.1, 0.15) is 0 Å². The fourth-order valence-corrected chi connectivity index (χ4v) is 2.40. The highest BCUT2D eigenvalue weighted by molar-refractivity contribution is 5.96. The molecule has 0 aliphatic heterocycles. The van der Waals surface area contributed by atoms with Crippen LogP contribution >= 0.6 is 0 Å². The smallest absolute Gasteiger partial charge is 0.321 e. The third-order valence-electron chi connectivity index (χ3n) is 3.57. The Morgan fingerprint density at radius 2 is 1.73 bits per heavy atom. The molecule has 0 unspecified atom stereocenters. The number of benzene rings is 1. The predicted molar refractivity (Wildman–Crippen MR) is 82.4 cm³/mol. The Morgan fingerprint density at radius 1 is 1.09 bits per heavy atom. The average Bonchev–Trinajstić information content (AvgIpc) is 2.98. The first-order valence-electron chi connectivity index (χ1n) is 7.28. The molecule has 1 aliphatic carbocycles. The summed E-state index contributed by atoms with van der Waals surface area (Å²) in [7, 11) is 0. The maximum atomic E-state index is 11.7. The number of carbonyl (C=O) groups is 3. The van der Waals surface area contributed by atoms with Crippen LogP contribution in [0.4, 0.5) is 10.5 Å². The van der Waals surface area contributed by atoms with E-state index in [-0.39, 0.29) is 12.6 Å². The zero-order valence-corrected chi connectivity index (χ0v) is 12.2. The van der Waals surface area contributed by atoms with E-state index in [1.807, 2.05) is 0 Å². The van der Waals surface area contributed by atoms with Gasteiger partial charge in [-0.25, -0.2) is 4.79 Å². The molecule has 1 aromatic rings. The van der Waals surface area contributed by atoms with Gasteiger partial charge in [0.2, 0.25) is 11.8 Å². The molecule has 0 heterocycles. The number of nitrogens with one attached hydrogen (secondary N) is 3. The quantitative estimate of drug-likeness (QED) is 0.649. The Hall–Kier alpha value is -2.57. The largest absolute Gasteiger partial charge is 0.376 e. The zero-order valence-electron chi connectivity index (χ0n) is 12.2. The van der Waals surface area contributed by atoms with E-state index in [0.29, 0.717) is 11.3 Å². The van der Waals surface area contributed by atoms with E-state index in [2.05, 4.69) is 16.0 Å². The second-order valence-electron chi connectivity index (χ2n) is 5.30. The highest BCUT2D eigenvalue weighted by Gasteiger charge is 2.17. The van der Waals surface area contributed by atoms with Crippen LogP contribution in [0.3, 0.4) is 0 Å². The molecule has 0 saturated heterocycles. The molecule has 1 saturated carbocycles. The average molecular weight is 304 g/mol. The van der Waals surface area contributed by atoms with Gasteiger partial charge < -0.3 is 16.4 Å². The summed E-state index contributed by atoms with van der Waals surface area (Å²) in [5.41, 5.74) is 6.20. The highest BCUT2D eigenvalue weighted by atomic mass is 16.2. The SMILES string of the molecule is NC(=O)c1ccc(NCC(=O)NC(=O)NC2CCCC2)cc1. The lowest BCUT2D eigenvalue weighted by atomic mass is 10.2. The Morgan fingerprint density at radius 3 is 2.32 bits per heavy atom. The van der Waals surface area contributed by atoms with E-state index in [1.54, 1.807) is 24.3 Å². The second-order valence-corrected chi connectivity index (χ2v) is 5.30. The minimum Gasteiger partial charge on any atom is -0.376 e. The van der Waals surface area contributed by atoms with Gasteiger partial charge in [0, 0.05) is 17.3 Å². The van der Waals surface area contributed by atoms with Gasteiger partial charge in [-0.1, -0.05) is 12.8 Å². The molecule has 0 atom stereocenters. The summed E-state index contributed by atoms with van der Waals surface area (Å²) in [4.78, 5) is 34.2. The number of nitrogens with two attached hydrogens (primary N) is 1. The van der Waals surface area contributed by atoms with E-state index in [4.69, 9.17) is 5.73 Å². The van der Waals surface area contributed by atoms with Crippen molar-refractivity contribution in [2.24, 2.45) is 5.73 Å². The molecule has 0 radical (unpaired) electrons. The molecule has 1 fully saturated rings. The number of hydrogen-bond acceptors (Lipinski definition) is 4. The molecule has 0 aromatic heterocycles. The van der Waals surface area contributed by atoms with Crippen molar-refractivity contribution in [2.45, 2.75) is 31.7 Å². The summed E-state index contributed by atoms with van der Waals surface area (Å²) in [5.74, 6) is -0.928. The van der Waals surface area contributed by atoms with Gasteiger partial charge in [0.25, 0.3) is 0 Å². The van der Waals surface area contributed by atoms with Crippen LogP contribution in [-0.2, 0) is 4.79 Å². The fraction of sp³-hybridized carbons (Fsp3) is 0.400. The van der Waals surface area contributed by atoms with Gasteiger partial charge in [0.05, 0.1) is 6.54 Å². The molecule has 7 heteroatoms. The van der Waals surface area contributed by atoms with Gasteiger partial charge in [-0.3, -0.25) is 14.9 Å². The topological polar surface area (TPSA) is 113 Å². The van der Waals surface area contributed by atoms with Crippen molar-refractivity contribution in [3.05, 3.63) is 29.8 Å². The standard InChI is InChI=1S/C15H20N4O3/c16-14(21)10-5-7-11(8-6-10)17-9-13(20)19-15(22)18-12-3-1-2-4-12/h5-8,12,17H,1-4,9H2,(H2,16,21)(H2,18,19,20,22). The summed E-state index contributed by atoms with van der Waals surface area (Å²) < 4.78 is 0. The van der Waals surface area contributed by atoms with Crippen LogP contribution in [0.15, 0.2) is 24.3 Å². The van der Waals surface area contributed by atoms with Crippen LogP contribution < -0.4 is 21.7 Å². The first-order chi connectivity index (χ1) is 10.5. The Bertz CT molecular complexity index is 550. The number of amides is 4. The van der Waals surface area contributed by atoms with Crippen LogP contribution in [0.25, 0.3) is 0 Å². The molecular weight excluding hydrogens is 284 g/mol. The van der Waals surface area contributed by atoms with Crippen molar-refractivity contribution < 1.29 is 14.4 Å². The van der Waals surface area contributed by atoms with Crippen molar-refractivity contribution in [1.82, 2.24) is 10.6 Å². The van der Waals surface area contributed by atoms with Crippen LogP contribution in [-0.4, -0.2) is 30.4 Å². The molecule has 2 rings (SSSR count). The number of anilines is 1. The molecule has 0 bridgehead atoms. The molecule has 22 heavy (non-hydrogen) atoms. The van der Waals surface area contributed by atoms with E-state index in [9.17, 15) is 14.4 Å². The van der Waals surface area contributed by atoms with Crippen molar-refractivity contribution in [2.75, 3.05) is 11.9 Å². The molecule has 1 aliphatic rings. The Balaban J connectivity index is 1.72. The molecule has 118 valence electrons. The van der Waals surface area contributed by atoms with Gasteiger partial charge in [-0.2, -0.15) is 0 Å². The van der Waals surface area contributed by atoms with E-state index in [1.165, 1.54) is 0 Å². The maximum absolute atomic E-state index is 11.7. The lowest BCUT2D eigenvalue weighted by molar-refractivity contribution is -0.118. The van der Waals surface area contributed by atoms with Crippen LogP contribution in [0.1, 0.15) is 36.0 Å². The fourth-order valence-electron chi connectivity index (χ4n) is 2.40. The number of imide groups is 1.